The van der Waals surface area contributed by atoms with Crippen LogP contribution in [0.15, 0.2) is 47.3 Å². The molecule has 0 aromatic heterocycles. The fraction of sp³-hybridized carbons (Fsp3) is 0.802. The molecule has 776 valence electrons. The molecule has 36 nitrogen and oxygen atoms in total. The van der Waals surface area contributed by atoms with Crippen LogP contribution in [0.2, 0.25) is 19.6 Å². The van der Waals surface area contributed by atoms with Crippen molar-refractivity contribution in [2.75, 3.05) is 111 Å². The Morgan fingerprint density at radius 1 is 0.452 bits per heavy atom. The molecule has 8 heterocycles. The number of carbonyl (C=O) groups excluding carboxylic acids is 10. The average Bonchev–Trinajstić information content (AvgIpc) is 0.829. The second-order valence-electron chi connectivity index (χ2n) is 42.6. The van der Waals surface area contributed by atoms with Crippen LogP contribution in [0.4, 0.5) is 64.7 Å². The molecule has 0 radical (unpaired) electrons. The number of hydrogen-bond donors (Lipinski definition) is 3. The highest BCUT2D eigenvalue weighted by Crippen LogP contribution is 2.28. The summed E-state index contributed by atoms with van der Waals surface area (Å²) in [5, 5.41) is 15.8. The molecule has 0 aliphatic carbocycles. The van der Waals surface area contributed by atoms with Gasteiger partial charge in [-0.25, -0.2) is 64.7 Å². The number of carbonyl (C=O) groups is 10. The molecule has 135 heavy (non-hydrogen) atoms. The highest BCUT2D eigenvalue weighted by Gasteiger charge is 2.41. The highest BCUT2D eigenvalue weighted by atomic mass is 32.2. The molecule has 0 spiro atoms. The number of benzene rings is 1. The number of ether oxygens (including phenoxy) is 8. The molecule has 7 fully saturated rings. The number of nitrogens with one attached hydrogen (secondary N) is 1. The number of nitrogens with zero attached hydrogens (tertiary/aromatic N) is 11. The zero-order valence-electron chi connectivity index (χ0n) is 84.8. The first-order chi connectivity index (χ1) is 61.5. The number of nitrogens with two attached hydrogens (primary N) is 1. The number of likely N-dealkylation sites (tertiary alicyclic amines) is 7. The summed E-state index contributed by atoms with van der Waals surface area (Å²) in [5.41, 5.74) is 10.5. The van der Waals surface area contributed by atoms with Gasteiger partial charge in [0.25, 0.3) is 10.1 Å². The summed E-state index contributed by atoms with van der Waals surface area (Å²) in [5.74, 6) is 0.814. The number of hydrogen-bond acceptors (Lipinski definition) is 26. The maximum atomic E-state index is 14.3. The van der Waals surface area contributed by atoms with Crippen molar-refractivity contribution in [1.29, 1.82) is 0 Å². The third kappa shape index (κ3) is 54.2. The van der Waals surface area contributed by atoms with Crippen molar-refractivity contribution in [2.24, 2.45) is 10.8 Å². The van der Waals surface area contributed by atoms with Crippen LogP contribution >= 0.6 is 0 Å². The molecular weight excluding hydrogens is 1820 g/mol. The van der Waals surface area contributed by atoms with E-state index in [1.165, 1.54) is 29.4 Å². The van der Waals surface area contributed by atoms with E-state index < -0.39 is 167 Å². The van der Waals surface area contributed by atoms with Crippen LogP contribution in [0.1, 0.15) is 230 Å². The molecule has 8 aliphatic heterocycles. The van der Waals surface area contributed by atoms with Gasteiger partial charge in [0, 0.05) is 115 Å². The molecule has 0 bridgehead atoms. The Hall–Kier alpha value is -8.84. The number of halogens is 6. The van der Waals surface area contributed by atoms with E-state index in [1.807, 2.05) is 98.7 Å². The Kier molecular flexibility index (Phi) is 48.8. The lowest BCUT2D eigenvalue weighted by molar-refractivity contribution is -0.127. The van der Waals surface area contributed by atoms with Gasteiger partial charge in [0.1, 0.15) is 87.6 Å². The van der Waals surface area contributed by atoms with E-state index in [0.29, 0.717) is 91.0 Å². The van der Waals surface area contributed by atoms with Crippen molar-refractivity contribution in [3.05, 3.63) is 58.2 Å². The summed E-state index contributed by atoms with van der Waals surface area (Å²) in [6.07, 6.45) is -7.26. The Labute approximate surface area is 796 Å². The van der Waals surface area contributed by atoms with Crippen molar-refractivity contribution in [2.45, 2.75) is 362 Å². The van der Waals surface area contributed by atoms with E-state index in [2.05, 4.69) is 39.2 Å². The molecule has 8 aliphatic rings. The van der Waals surface area contributed by atoms with E-state index in [0.717, 1.165) is 24.0 Å². The number of aliphatic hydroxyl groups excluding tert-OH is 1. The maximum Gasteiger partial charge on any atom is 0.410 e. The summed E-state index contributed by atoms with van der Waals surface area (Å²) in [6, 6.07) is 8.55. The minimum Gasteiger partial charge on any atom is -0.547 e. The lowest BCUT2D eigenvalue weighted by Gasteiger charge is -2.36. The number of piperidine rings is 7. The average molecular weight is 1980 g/mol. The minimum atomic E-state index is -3.70. The number of amides is 8. The number of ketones is 2. The van der Waals surface area contributed by atoms with Crippen LogP contribution in [0.25, 0.3) is 10.4 Å². The molecule has 9 rings (SSSR count). The summed E-state index contributed by atoms with van der Waals surface area (Å²) >= 11 is 0. The van der Waals surface area contributed by atoms with E-state index in [-0.39, 0.29) is 95.6 Å². The van der Waals surface area contributed by atoms with Crippen molar-refractivity contribution >= 4 is 78.7 Å². The fourth-order valence-electron chi connectivity index (χ4n) is 12.7. The first-order valence-electron chi connectivity index (χ1n) is 45.7. The predicted octanol–water partition coefficient (Wildman–Crippen LogP) is 16.2. The standard InChI is InChI=1S/C17H25FN2O2.C13H25NO3Si.C11H20FNO5S.C10H17FN4O2.C10H19FN2O2.C10H18FNO3.C10H16FNO3.C10H17NO3/c1-17(2,3)22-16(21)20-10-9-15(14(18)12-20)19-11-13-7-5-4-6-8-13;1-13(2,3)16-12(15)14-9-7-11(8-10-14)17-18(4,5)6;1-11(2,3)17-10(14)13-6-5-9(8(12)7-13)18-19(4,15)16;1-10(2,3)17-9(16)15-5-4-8(13-14-12)7(11)6-15;1-10(2,3)15-9(14)13-5-4-8(12)7(11)6-13;2*1-10(2,3)15-9(14)12-5-4-8(13)7(11)6-12;1-10(2,3)14-9(13)11-6-4-8(12)5-7-11/h4-8,14-15,19H,9-12H2,1-3H3;7H,8-10H2,1-6H3;8-9H,5-7H2,1-4H3;7-8H,4-6H2,1-3H3;7-8H,4-6,12H2,1-3H3;7-8,13H,4-6H2,1-3H3;7H,4-6H2,1-3H3;4-7H2,1-3H3. The van der Waals surface area contributed by atoms with Gasteiger partial charge in [-0.05, 0) is 235 Å². The van der Waals surface area contributed by atoms with Gasteiger partial charge < -0.3 is 97.7 Å². The topological polar surface area (TPSA) is 430 Å². The number of Topliss-reactive ketones (excluding diaryl/α,β-unsaturated/α-hetero) is 2. The zero-order valence-corrected chi connectivity index (χ0v) is 86.6. The van der Waals surface area contributed by atoms with Crippen molar-refractivity contribution in [1.82, 2.24) is 44.5 Å². The SMILES string of the molecule is CC(C)(C)OC(=O)N1CC=C(O[Si](C)(C)C)CC1.CC(C)(C)OC(=O)N1CCC(=O)C(F)C1.CC(C)(C)OC(=O)N1CCC(=O)CC1.CC(C)(C)OC(=O)N1CCC(N)C(F)C1.CC(C)(C)OC(=O)N1CCC(N=[N+]=[N-])C(F)C1.CC(C)(C)OC(=O)N1CCC(NCc2ccccc2)C(F)C1.CC(C)(C)OC(=O)N1CCC(O)C(F)C1.CC(C)(C)OC(=O)N1CCC(OS(C)(=O)=O)C(F)C1. The van der Waals surface area contributed by atoms with Gasteiger partial charge in [-0.1, -0.05) is 35.4 Å². The first-order valence-corrected chi connectivity index (χ1v) is 51.0. The molecule has 0 saturated carbocycles. The number of aliphatic hydroxyl groups is 1. The minimum absolute atomic E-state index is 0.0378. The zero-order chi connectivity index (χ0) is 104. The lowest BCUT2D eigenvalue weighted by Crippen LogP contribution is -2.53. The second kappa shape index (κ2) is 53.9. The monoisotopic (exact) mass is 1970 g/mol. The lowest BCUT2D eigenvalue weighted by atomic mass is 10.0. The Bertz CT molecular complexity index is 4070. The van der Waals surface area contributed by atoms with Crippen LogP contribution in [-0.2, 0) is 72.8 Å². The van der Waals surface area contributed by atoms with Crippen LogP contribution in [0.5, 0.6) is 0 Å². The maximum absolute atomic E-state index is 14.3. The predicted molar refractivity (Wildman–Crippen MR) is 500 cm³/mol. The van der Waals surface area contributed by atoms with Crippen molar-refractivity contribution < 1.29 is 134 Å². The summed E-state index contributed by atoms with van der Waals surface area (Å²) in [6.45, 7) is 53.9. The van der Waals surface area contributed by atoms with Gasteiger partial charge in [0.2, 0.25) is 8.32 Å². The molecule has 44 heteroatoms. The van der Waals surface area contributed by atoms with Crippen molar-refractivity contribution in [3.63, 3.8) is 0 Å². The fourth-order valence-corrected chi connectivity index (χ4v) is 14.4. The third-order valence-electron chi connectivity index (χ3n) is 19.0. The van der Waals surface area contributed by atoms with Crippen molar-refractivity contribution in [3.8, 4) is 0 Å². The molecule has 11 atom stereocenters. The smallest absolute Gasteiger partial charge is 0.410 e. The normalized spacial score (nSPS) is 23.2. The Morgan fingerprint density at radius 2 is 0.793 bits per heavy atom. The van der Waals surface area contributed by atoms with Crippen LogP contribution in [0, 0.1) is 0 Å². The van der Waals surface area contributed by atoms with E-state index in [4.69, 9.17) is 58.7 Å². The molecule has 8 amide bonds. The Balaban J connectivity index is 0.000000524. The summed E-state index contributed by atoms with van der Waals surface area (Å²) in [7, 11) is -5.23. The van der Waals surface area contributed by atoms with Gasteiger partial charge >= 0.3 is 48.7 Å². The largest absolute Gasteiger partial charge is 0.547 e. The second-order valence-corrected chi connectivity index (χ2v) is 48.7. The molecule has 4 N–H and O–H groups in total. The van der Waals surface area contributed by atoms with E-state index in [1.54, 1.807) is 114 Å². The molecule has 1 aromatic carbocycles. The summed E-state index contributed by atoms with van der Waals surface area (Å²) in [4.78, 5) is 129. The molecule has 1 aromatic rings. The van der Waals surface area contributed by atoms with E-state index >= 15 is 0 Å². The van der Waals surface area contributed by atoms with E-state index in [9.17, 15) is 82.7 Å². The summed E-state index contributed by atoms with van der Waals surface area (Å²) < 4.78 is 155. The van der Waals surface area contributed by atoms with Crippen LogP contribution < -0.4 is 11.1 Å². The van der Waals surface area contributed by atoms with Gasteiger partial charge in [0.15, 0.2) is 12.0 Å². The number of rotatable bonds is 8. The quantitative estimate of drug-likeness (QED) is 0.0414. The number of alkyl halides is 6. The molecular formula is C91H157F6N13O23SSi. The molecule has 11 unspecified atom stereocenters. The van der Waals surface area contributed by atoms with Crippen LogP contribution in [0.3, 0.4) is 0 Å². The number of azide groups is 1. The van der Waals surface area contributed by atoms with Gasteiger partial charge in [-0.2, -0.15) is 8.42 Å². The highest BCUT2D eigenvalue weighted by molar-refractivity contribution is 7.86. The van der Waals surface area contributed by atoms with Crippen LogP contribution in [-0.4, -0.2) is 344 Å². The van der Waals surface area contributed by atoms with Gasteiger partial charge in [0.05, 0.1) is 63.4 Å². The molecule has 7 saturated heterocycles. The van der Waals surface area contributed by atoms with Gasteiger partial charge in [-0.3, -0.25) is 13.8 Å². The first kappa shape index (κ1) is 122. The van der Waals surface area contributed by atoms with Gasteiger partial charge in [-0.15, -0.1) is 0 Å². The Morgan fingerprint density at radius 3 is 1.14 bits per heavy atom. The third-order valence-corrected chi connectivity index (χ3v) is 20.5.